The molecule has 0 amide bonds. The first kappa shape index (κ1) is 26.5. The van der Waals surface area contributed by atoms with E-state index in [1.54, 1.807) is 7.11 Å². The normalized spacial score (nSPS) is 14.9. The Hall–Kier alpha value is -3.60. The van der Waals surface area contributed by atoms with Crippen LogP contribution in [0.1, 0.15) is 44.6 Å². The molecule has 3 N–H and O–H groups in total. The summed E-state index contributed by atoms with van der Waals surface area (Å²) in [5.41, 5.74) is 8.14. The molecule has 1 unspecified atom stereocenters. The molecule has 0 spiro atoms. The number of nitrogens with one attached hydrogen (secondary N) is 1. The summed E-state index contributed by atoms with van der Waals surface area (Å²) < 4.78 is 24.2. The topological polar surface area (TPSA) is 136 Å². The number of benzene rings is 1. The lowest BCUT2D eigenvalue weighted by atomic mass is 9.90. The average molecular weight is 513 g/mol. The molecule has 1 aromatic carbocycles. The second kappa shape index (κ2) is 12.6. The summed E-state index contributed by atoms with van der Waals surface area (Å²) in [6.45, 7) is 4.90. The second-order valence-corrected chi connectivity index (χ2v) is 9.12. The van der Waals surface area contributed by atoms with Gasteiger partial charge in [-0.05, 0) is 56.0 Å². The van der Waals surface area contributed by atoms with Crippen LogP contribution in [0.3, 0.4) is 0 Å². The van der Waals surface area contributed by atoms with Crippen LogP contribution < -0.4 is 25.3 Å². The lowest BCUT2D eigenvalue weighted by Gasteiger charge is -2.30. The zero-order chi connectivity index (χ0) is 26.2. The van der Waals surface area contributed by atoms with Gasteiger partial charge < -0.3 is 30.0 Å². The molecule has 0 radical (unpaired) electrons. The third-order valence-electron chi connectivity index (χ3n) is 6.53. The number of carbonyl (C=O) groups excluding carboxylic acids is 1. The van der Waals surface area contributed by atoms with Crippen LogP contribution in [0, 0.1) is 5.92 Å². The van der Waals surface area contributed by atoms with E-state index in [4.69, 9.17) is 24.7 Å². The predicted molar refractivity (Wildman–Crippen MR) is 139 cm³/mol. The molecule has 0 aliphatic carbocycles. The second-order valence-electron chi connectivity index (χ2n) is 9.12. The molecule has 0 bridgehead atoms. The molecule has 1 fully saturated rings. The van der Waals surface area contributed by atoms with Crippen LogP contribution >= 0.6 is 0 Å². The minimum absolute atomic E-state index is 0.223. The molecule has 1 aliphatic heterocycles. The molecule has 200 valence electrons. The largest absolute Gasteiger partial charge is 0.490 e. The smallest absolute Gasteiger partial charge is 0.320 e. The minimum Gasteiger partial charge on any atom is -0.490 e. The molecular formula is C26H36N6O5. The fourth-order valence-electron chi connectivity index (χ4n) is 4.45. The number of unbranched alkanes of at least 4 members (excludes halogenated alkanes) is 1. The Bertz CT molecular complexity index is 1180. The highest BCUT2D eigenvalue weighted by Crippen LogP contribution is 2.28. The number of anilines is 1. The van der Waals surface area contributed by atoms with Gasteiger partial charge in [0.25, 0.3) is 6.01 Å². The van der Waals surface area contributed by atoms with Crippen LogP contribution in [0.25, 0.3) is 11.2 Å². The number of methoxy groups -OCH3 is 2. The van der Waals surface area contributed by atoms with Crippen molar-refractivity contribution in [3.8, 4) is 17.8 Å². The number of imidazole rings is 1. The third-order valence-corrected chi connectivity index (χ3v) is 6.53. The molecule has 11 nitrogen and oxygen atoms in total. The van der Waals surface area contributed by atoms with Crippen molar-refractivity contribution in [2.75, 3.05) is 39.6 Å². The van der Waals surface area contributed by atoms with Gasteiger partial charge in [-0.3, -0.25) is 9.36 Å². The zero-order valence-corrected chi connectivity index (χ0v) is 21.7. The number of nitrogen functional groups attached to an aromatic ring is 1. The first-order chi connectivity index (χ1) is 18.0. The quantitative estimate of drug-likeness (QED) is 0.275. The number of rotatable bonds is 12. The molecule has 2 aromatic heterocycles. The molecule has 37 heavy (non-hydrogen) atoms. The van der Waals surface area contributed by atoms with E-state index in [-0.39, 0.29) is 30.3 Å². The van der Waals surface area contributed by atoms with Crippen LogP contribution in [-0.2, 0) is 16.1 Å². The van der Waals surface area contributed by atoms with Crippen molar-refractivity contribution in [1.82, 2.24) is 24.8 Å². The standard InChI is InChI=1S/C26H36N6O5/c1-4-5-14-36-25-30-23(27)22-24(31-25)32(26(29-22)35-3)16-17-6-8-19(9-7-17)37-20(15-21(33)34-2)18-10-12-28-13-11-18/h6-9,18,20,28H,4-5,10-16H2,1-3H3,(H2,27,30,31). The Labute approximate surface area is 216 Å². The molecule has 3 heterocycles. The zero-order valence-electron chi connectivity index (χ0n) is 21.7. The van der Waals surface area contributed by atoms with Gasteiger partial charge in [-0.2, -0.15) is 15.0 Å². The fourth-order valence-corrected chi connectivity index (χ4v) is 4.45. The van der Waals surface area contributed by atoms with Crippen molar-refractivity contribution in [3.63, 3.8) is 0 Å². The van der Waals surface area contributed by atoms with E-state index in [9.17, 15) is 4.79 Å². The van der Waals surface area contributed by atoms with Gasteiger partial charge in [0.2, 0.25) is 0 Å². The Morgan fingerprint density at radius 1 is 1.16 bits per heavy atom. The van der Waals surface area contributed by atoms with Crippen LogP contribution in [0.2, 0.25) is 0 Å². The van der Waals surface area contributed by atoms with Gasteiger partial charge in [-0.1, -0.05) is 25.5 Å². The monoisotopic (exact) mass is 512 g/mol. The fraction of sp³-hybridized carbons (Fsp3) is 0.538. The number of carbonyl (C=O) groups is 1. The summed E-state index contributed by atoms with van der Waals surface area (Å²) in [5.74, 6) is 0.975. The van der Waals surface area contributed by atoms with E-state index in [1.165, 1.54) is 7.11 Å². The lowest BCUT2D eigenvalue weighted by Crippen LogP contribution is -2.38. The predicted octanol–water partition coefficient (Wildman–Crippen LogP) is 2.95. The summed E-state index contributed by atoms with van der Waals surface area (Å²) in [6, 6.07) is 8.37. The summed E-state index contributed by atoms with van der Waals surface area (Å²) in [5, 5.41) is 3.36. The number of ether oxygens (including phenoxy) is 4. The van der Waals surface area contributed by atoms with Crippen LogP contribution in [0.15, 0.2) is 24.3 Å². The maximum absolute atomic E-state index is 12.0. The van der Waals surface area contributed by atoms with E-state index < -0.39 is 0 Å². The number of esters is 1. The molecule has 4 rings (SSSR count). The van der Waals surface area contributed by atoms with Crippen LogP contribution in [0.5, 0.6) is 17.8 Å². The van der Waals surface area contributed by atoms with Crippen molar-refractivity contribution in [3.05, 3.63) is 29.8 Å². The number of nitrogens with zero attached hydrogens (tertiary/aromatic N) is 4. The van der Waals surface area contributed by atoms with Gasteiger partial charge in [-0.25, -0.2) is 0 Å². The first-order valence-corrected chi connectivity index (χ1v) is 12.8. The van der Waals surface area contributed by atoms with Crippen molar-refractivity contribution < 1.29 is 23.7 Å². The molecular weight excluding hydrogens is 476 g/mol. The highest BCUT2D eigenvalue weighted by Gasteiger charge is 2.28. The first-order valence-electron chi connectivity index (χ1n) is 12.8. The van der Waals surface area contributed by atoms with Gasteiger partial charge in [0.05, 0.1) is 33.8 Å². The molecule has 1 atom stereocenters. The van der Waals surface area contributed by atoms with Gasteiger partial charge in [0, 0.05) is 0 Å². The number of nitrogens with two attached hydrogens (primary N) is 1. The highest BCUT2D eigenvalue weighted by atomic mass is 16.5. The van der Waals surface area contributed by atoms with E-state index in [2.05, 4.69) is 27.2 Å². The summed E-state index contributed by atoms with van der Waals surface area (Å²) in [7, 11) is 2.96. The molecule has 3 aromatic rings. The summed E-state index contributed by atoms with van der Waals surface area (Å²) in [6.07, 6.45) is 3.82. The van der Waals surface area contributed by atoms with Crippen molar-refractivity contribution in [2.24, 2.45) is 5.92 Å². The van der Waals surface area contributed by atoms with Crippen LogP contribution in [0.4, 0.5) is 5.82 Å². The van der Waals surface area contributed by atoms with Gasteiger partial charge in [-0.15, -0.1) is 0 Å². The number of hydrogen-bond donors (Lipinski definition) is 2. The van der Waals surface area contributed by atoms with E-state index in [0.717, 1.165) is 44.3 Å². The Morgan fingerprint density at radius 3 is 2.59 bits per heavy atom. The van der Waals surface area contributed by atoms with Gasteiger partial charge in [0.15, 0.2) is 17.0 Å². The maximum atomic E-state index is 12.0. The SMILES string of the molecule is CCCCOc1nc(N)c2nc(OC)n(Cc3ccc(OC(CC(=O)OC)C4CCNCC4)cc3)c2n1. The molecule has 11 heteroatoms. The average Bonchev–Trinajstić information content (AvgIpc) is 3.27. The Morgan fingerprint density at radius 2 is 1.92 bits per heavy atom. The number of aromatic nitrogens is 4. The Balaban J connectivity index is 1.52. The number of fused-ring (bicyclic) bond motifs is 1. The minimum atomic E-state index is -0.265. The third kappa shape index (κ3) is 6.59. The van der Waals surface area contributed by atoms with E-state index in [0.29, 0.717) is 42.0 Å². The van der Waals surface area contributed by atoms with Gasteiger partial charge in [0.1, 0.15) is 11.9 Å². The highest BCUT2D eigenvalue weighted by molar-refractivity contribution is 5.83. The van der Waals surface area contributed by atoms with Crippen molar-refractivity contribution in [1.29, 1.82) is 0 Å². The lowest BCUT2D eigenvalue weighted by molar-refractivity contribution is -0.143. The Kier molecular flexibility index (Phi) is 8.99. The number of piperidine rings is 1. The molecule has 1 aliphatic rings. The van der Waals surface area contributed by atoms with Gasteiger partial charge >= 0.3 is 12.0 Å². The van der Waals surface area contributed by atoms with Crippen LogP contribution in [-0.4, -0.2) is 65.5 Å². The van der Waals surface area contributed by atoms with E-state index >= 15 is 0 Å². The molecule has 0 saturated carbocycles. The van der Waals surface area contributed by atoms with Crippen molar-refractivity contribution in [2.45, 2.75) is 51.7 Å². The summed E-state index contributed by atoms with van der Waals surface area (Å²) >= 11 is 0. The maximum Gasteiger partial charge on any atom is 0.320 e. The number of hydrogen-bond acceptors (Lipinski definition) is 10. The molecule has 1 saturated heterocycles. The van der Waals surface area contributed by atoms with Crippen molar-refractivity contribution >= 4 is 23.0 Å². The van der Waals surface area contributed by atoms with E-state index in [1.807, 2.05) is 28.8 Å². The summed E-state index contributed by atoms with van der Waals surface area (Å²) in [4.78, 5) is 25.3.